The first kappa shape index (κ1) is 22.8. The van der Waals surface area contributed by atoms with Gasteiger partial charge in [-0.25, -0.2) is 4.98 Å². The normalized spacial score (nSPS) is 14.7. The predicted molar refractivity (Wildman–Crippen MR) is 110 cm³/mol. The molecule has 1 aliphatic rings. The minimum absolute atomic E-state index is 0.0529. The number of halogens is 4. The molecule has 166 valence electrons. The van der Waals surface area contributed by atoms with E-state index in [1.807, 2.05) is 0 Å². The van der Waals surface area contributed by atoms with Crippen LogP contribution < -0.4 is 20.3 Å². The molecule has 0 atom stereocenters. The number of nitrogens with one attached hydrogen (secondary N) is 2. The van der Waals surface area contributed by atoms with Crippen molar-refractivity contribution in [3.8, 4) is 5.75 Å². The number of anilines is 3. The number of piperidine rings is 1. The Morgan fingerprint density at radius 1 is 1.23 bits per heavy atom. The zero-order valence-electron chi connectivity index (χ0n) is 16.5. The highest BCUT2D eigenvalue weighted by Crippen LogP contribution is 2.40. The second-order valence-electron chi connectivity index (χ2n) is 6.84. The van der Waals surface area contributed by atoms with E-state index in [0.717, 1.165) is 6.20 Å². The Labute approximate surface area is 181 Å². The molecule has 0 spiro atoms. The molecule has 3 rings (SSSR count). The van der Waals surface area contributed by atoms with Crippen molar-refractivity contribution in [1.29, 1.82) is 0 Å². The van der Waals surface area contributed by atoms with Crippen LogP contribution in [-0.2, 0) is 9.59 Å². The lowest BCUT2D eigenvalue weighted by atomic mass is 9.97. The summed E-state index contributed by atoms with van der Waals surface area (Å²) in [4.78, 5) is 29.4. The lowest BCUT2D eigenvalue weighted by Gasteiger charge is -2.27. The van der Waals surface area contributed by atoms with Crippen LogP contribution in [0.3, 0.4) is 0 Å². The molecule has 0 aliphatic carbocycles. The Hall–Kier alpha value is -2.85. The Balaban J connectivity index is 2.09. The van der Waals surface area contributed by atoms with Crippen molar-refractivity contribution in [2.24, 2.45) is 5.92 Å². The van der Waals surface area contributed by atoms with Crippen molar-refractivity contribution in [3.05, 3.63) is 41.6 Å². The Kier molecular flexibility index (Phi) is 7.01. The lowest BCUT2D eigenvalue weighted by molar-refractivity contribution is -0.169. The molecule has 0 bridgehead atoms. The number of alkyl halides is 3. The number of methoxy groups -OCH3 is 1. The SMILES string of the molecule is COc1cccc(N(C(=O)C(F)(F)F)c2ccc(Cl)cn2)c1NC(=O)C1CCNCC1. The highest BCUT2D eigenvalue weighted by atomic mass is 35.5. The second kappa shape index (κ2) is 9.52. The number of para-hydroxylation sites is 1. The third-order valence-electron chi connectivity index (χ3n) is 4.81. The quantitative estimate of drug-likeness (QED) is 0.712. The third kappa shape index (κ3) is 5.26. The average Bonchev–Trinajstić information content (AvgIpc) is 2.76. The molecule has 1 aromatic heterocycles. The van der Waals surface area contributed by atoms with Crippen LogP contribution in [0.1, 0.15) is 12.8 Å². The Morgan fingerprint density at radius 3 is 2.52 bits per heavy atom. The van der Waals surface area contributed by atoms with Gasteiger partial charge in [0.1, 0.15) is 17.3 Å². The maximum Gasteiger partial charge on any atom is 0.472 e. The summed E-state index contributed by atoms with van der Waals surface area (Å²) in [6.45, 7) is 1.31. The molecule has 7 nitrogen and oxygen atoms in total. The average molecular weight is 457 g/mol. The topological polar surface area (TPSA) is 83.6 Å². The molecule has 11 heteroatoms. The van der Waals surface area contributed by atoms with Gasteiger partial charge in [-0.05, 0) is 50.2 Å². The number of benzene rings is 1. The van der Waals surface area contributed by atoms with Crippen molar-refractivity contribution in [2.45, 2.75) is 19.0 Å². The molecule has 1 fully saturated rings. The van der Waals surface area contributed by atoms with Crippen LogP contribution in [0.15, 0.2) is 36.5 Å². The minimum atomic E-state index is -5.19. The first-order chi connectivity index (χ1) is 14.7. The van der Waals surface area contributed by atoms with Crippen LogP contribution in [0.5, 0.6) is 5.75 Å². The van der Waals surface area contributed by atoms with E-state index in [4.69, 9.17) is 16.3 Å². The lowest BCUT2D eigenvalue weighted by Crippen LogP contribution is -2.39. The van der Waals surface area contributed by atoms with E-state index < -0.39 is 12.1 Å². The minimum Gasteiger partial charge on any atom is -0.494 e. The van der Waals surface area contributed by atoms with Gasteiger partial charge in [0, 0.05) is 12.1 Å². The van der Waals surface area contributed by atoms with E-state index >= 15 is 0 Å². The van der Waals surface area contributed by atoms with Crippen molar-refractivity contribution in [1.82, 2.24) is 10.3 Å². The summed E-state index contributed by atoms with van der Waals surface area (Å²) < 4.78 is 45.6. The zero-order valence-corrected chi connectivity index (χ0v) is 17.3. The molecule has 2 heterocycles. The number of aromatic nitrogens is 1. The number of hydrogen-bond donors (Lipinski definition) is 2. The van der Waals surface area contributed by atoms with Crippen molar-refractivity contribution < 1.29 is 27.5 Å². The first-order valence-corrected chi connectivity index (χ1v) is 9.81. The highest BCUT2D eigenvalue weighted by Gasteiger charge is 2.45. The Bertz CT molecular complexity index is 948. The van der Waals surface area contributed by atoms with E-state index in [-0.39, 0.29) is 39.8 Å². The molecule has 1 saturated heterocycles. The van der Waals surface area contributed by atoms with Gasteiger partial charge < -0.3 is 15.4 Å². The van der Waals surface area contributed by atoms with Gasteiger partial charge >= 0.3 is 12.1 Å². The van der Waals surface area contributed by atoms with Gasteiger partial charge in [-0.3, -0.25) is 14.5 Å². The molecule has 1 aromatic carbocycles. The smallest absolute Gasteiger partial charge is 0.472 e. The number of amides is 2. The van der Waals surface area contributed by atoms with Crippen LogP contribution in [0.25, 0.3) is 0 Å². The molecule has 31 heavy (non-hydrogen) atoms. The van der Waals surface area contributed by atoms with Gasteiger partial charge in [0.05, 0.1) is 17.8 Å². The van der Waals surface area contributed by atoms with Gasteiger partial charge in [-0.2, -0.15) is 13.2 Å². The molecule has 2 N–H and O–H groups in total. The fourth-order valence-corrected chi connectivity index (χ4v) is 3.39. The zero-order chi connectivity index (χ0) is 22.6. The monoisotopic (exact) mass is 456 g/mol. The van der Waals surface area contributed by atoms with E-state index in [2.05, 4.69) is 15.6 Å². The largest absolute Gasteiger partial charge is 0.494 e. The summed E-state index contributed by atoms with van der Waals surface area (Å²) in [7, 11) is 1.32. The number of nitrogens with zero attached hydrogens (tertiary/aromatic N) is 2. The summed E-state index contributed by atoms with van der Waals surface area (Å²) in [5.41, 5.74) is -0.276. The van der Waals surface area contributed by atoms with Crippen molar-refractivity contribution in [3.63, 3.8) is 0 Å². The summed E-state index contributed by atoms with van der Waals surface area (Å²) >= 11 is 5.80. The number of pyridine rings is 1. The van der Waals surface area contributed by atoms with Crippen molar-refractivity contribution >= 4 is 40.6 Å². The molecule has 0 radical (unpaired) electrons. The molecular formula is C20H20ClF3N4O3. The van der Waals surface area contributed by atoms with Crippen LogP contribution in [0, 0.1) is 5.92 Å². The summed E-state index contributed by atoms with van der Waals surface area (Å²) in [6.07, 6.45) is -2.90. The Morgan fingerprint density at radius 2 is 1.94 bits per heavy atom. The van der Waals surface area contributed by atoms with Crippen LogP contribution in [0.4, 0.5) is 30.4 Å². The van der Waals surface area contributed by atoms with E-state index in [1.54, 1.807) is 0 Å². The highest BCUT2D eigenvalue weighted by molar-refractivity contribution is 6.30. The van der Waals surface area contributed by atoms with Crippen LogP contribution in [0.2, 0.25) is 5.02 Å². The van der Waals surface area contributed by atoms with Gasteiger partial charge in [0.25, 0.3) is 0 Å². The molecule has 0 saturated carbocycles. The molecule has 2 amide bonds. The van der Waals surface area contributed by atoms with E-state index in [0.29, 0.717) is 30.8 Å². The third-order valence-corrected chi connectivity index (χ3v) is 5.03. The first-order valence-electron chi connectivity index (χ1n) is 9.43. The van der Waals surface area contributed by atoms with E-state index in [9.17, 15) is 22.8 Å². The van der Waals surface area contributed by atoms with Gasteiger partial charge in [-0.1, -0.05) is 17.7 Å². The summed E-state index contributed by atoms with van der Waals surface area (Å²) in [6, 6.07) is 6.67. The standard InChI is InChI=1S/C20H20ClF3N4O3/c1-31-15-4-2-3-14(17(15)27-18(29)12-7-9-25-10-8-12)28(19(30)20(22,23)24)16-6-5-13(21)11-26-16/h2-6,11-12,25H,7-10H2,1H3,(H,27,29). The maximum absolute atomic E-state index is 13.4. The van der Waals surface area contributed by atoms with Crippen molar-refractivity contribution in [2.75, 3.05) is 30.4 Å². The fourth-order valence-electron chi connectivity index (χ4n) is 3.27. The number of carbonyl (C=O) groups is 2. The van der Waals surface area contributed by atoms with Crippen LogP contribution >= 0.6 is 11.6 Å². The number of hydrogen-bond acceptors (Lipinski definition) is 5. The second-order valence-corrected chi connectivity index (χ2v) is 7.28. The number of rotatable bonds is 5. The maximum atomic E-state index is 13.4. The molecular weight excluding hydrogens is 437 g/mol. The van der Waals surface area contributed by atoms with Gasteiger partial charge in [0.15, 0.2) is 0 Å². The number of carbonyl (C=O) groups excluding carboxylic acids is 2. The van der Waals surface area contributed by atoms with Crippen LogP contribution in [-0.4, -0.2) is 43.2 Å². The molecule has 2 aromatic rings. The molecule has 0 unspecified atom stereocenters. The van der Waals surface area contributed by atoms with Gasteiger partial charge in [0.2, 0.25) is 5.91 Å². The number of ether oxygens (including phenoxy) is 1. The van der Waals surface area contributed by atoms with Gasteiger partial charge in [-0.15, -0.1) is 0 Å². The summed E-state index contributed by atoms with van der Waals surface area (Å²) in [5, 5.41) is 5.99. The predicted octanol–water partition coefficient (Wildman–Crippen LogP) is 3.91. The summed E-state index contributed by atoms with van der Waals surface area (Å²) in [5.74, 6) is -3.06. The van der Waals surface area contributed by atoms with E-state index in [1.165, 1.54) is 37.4 Å². The molecule has 1 aliphatic heterocycles. The fraction of sp³-hybridized carbons (Fsp3) is 0.350.